The first-order valence-electron chi connectivity index (χ1n) is 12.2. The molecule has 3 saturated heterocycles. The van der Waals surface area contributed by atoms with Crippen molar-refractivity contribution >= 4 is 10.9 Å². The first kappa shape index (κ1) is 25.7. The fourth-order valence-corrected chi connectivity index (χ4v) is 6.44. The molecule has 6 rings (SSSR count). The van der Waals surface area contributed by atoms with Crippen molar-refractivity contribution in [3.63, 3.8) is 0 Å². The second-order valence-electron chi connectivity index (χ2n) is 10.3. The number of aliphatic hydroxyl groups excluding tert-OH is 1. The Morgan fingerprint density at radius 1 is 1.03 bits per heavy atom. The zero-order valence-corrected chi connectivity index (χ0v) is 19.9. The van der Waals surface area contributed by atoms with E-state index < -0.39 is 35.6 Å². The third-order valence-electron chi connectivity index (χ3n) is 8.19. The Hall–Kier alpha value is -2.91. The predicted octanol–water partition coefficient (Wildman–Crippen LogP) is 6.92. The number of para-hydroxylation sites is 1. The molecular weight excluding hydrogens is 494 g/mol. The largest absolute Gasteiger partial charge is 0.416 e. The van der Waals surface area contributed by atoms with Crippen LogP contribution in [-0.2, 0) is 18.9 Å². The van der Waals surface area contributed by atoms with E-state index in [4.69, 9.17) is 0 Å². The zero-order chi connectivity index (χ0) is 26.6. The average molecular weight is 522 g/mol. The van der Waals surface area contributed by atoms with Crippen molar-refractivity contribution in [2.45, 2.75) is 43.9 Å². The van der Waals surface area contributed by atoms with Gasteiger partial charge in [0.1, 0.15) is 18.7 Å². The fourth-order valence-electron chi connectivity index (χ4n) is 6.44. The van der Waals surface area contributed by atoms with Gasteiger partial charge in [-0.1, -0.05) is 24.3 Å². The number of hydrogen-bond donors (Lipinski definition) is 1. The summed E-state index contributed by atoms with van der Waals surface area (Å²) in [4.78, 5) is 4.35. The summed E-state index contributed by atoms with van der Waals surface area (Å²) in [7, 11) is 0. The molecule has 2 bridgehead atoms. The number of rotatable bonds is 5. The summed E-state index contributed by atoms with van der Waals surface area (Å²) in [5, 5.41) is 12.5. The lowest BCUT2D eigenvalue weighted by atomic mass is 9.71. The minimum atomic E-state index is -4.91. The first-order chi connectivity index (χ1) is 17.4. The second kappa shape index (κ2) is 9.13. The van der Waals surface area contributed by atoms with E-state index >= 15 is 0 Å². The van der Waals surface area contributed by atoms with Gasteiger partial charge >= 0.3 is 12.4 Å². The molecule has 0 spiro atoms. The molecule has 0 aliphatic carbocycles. The SMILES string of the molecule is C=CC1C[N+]2(Cc3cc(C(F)(F)F)cc(C(F)(F)F)c3)CCC1C[C@@H]2[C@H](O)c1ccnc2ccccc12. The highest BCUT2D eigenvalue weighted by Gasteiger charge is 2.54. The minimum absolute atomic E-state index is 0.0397. The number of halogens is 6. The molecule has 37 heavy (non-hydrogen) atoms. The number of fused-ring (bicyclic) bond motifs is 4. The molecule has 196 valence electrons. The van der Waals surface area contributed by atoms with Gasteiger partial charge in [-0.2, -0.15) is 26.3 Å². The van der Waals surface area contributed by atoms with Crippen molar-refractivity contribution < 1.29 is 35.9 Å². The molecule has 0 amide bonds. The predicted molar refractivity (Wildman–Crippen MR) is 127 cm³/mol. The highest BCUT2D eigenvalue weighted by molar-refractivity contribution is 5.82. The van der Waals surface area contributed by atoms with Crippen LogP contribution in [0.5, 0.6) is 0 Å². The number of piperidine rings is 3. The van der Waals surface area contributed by atoms with E-state index in [-0.39, 0.29) is 34.5 Å². The summed E-state index contributed by atoms with van der Waals surface area (Å²) in [6.45, 7) is 4.93. The lowest BCUT2D eigenvalue weighted by Gasteiger charge is -2.58. The quantitative estimate of drug-likeness (QED) is 0.225. The monoisotopic (exact) mass is 521 g/mol. The third-order valence-corrected chi connectivity index (χ3v) is 8.19. The maximum Gasteiger partial charge on any atom is 0.416 e. The summed E-state index contributed by atoms with van der Waals surface area (Å²) in [6, 6.07) is 10.5. The van der Waals surface area contributed by atoms with E-state index in [1.54, 1.807) is 12.3 Å². The van der Waals surface area contributed by atoms with Crippen LogP contribution in [0, 0.1) is 11.8 Å². The molecule has 0 saturated carbocycles. The molecule has 4 heterocycles. The summed E-state index contributed by atoms with van der Waals surface area (Å²) in [5.74, 6) is 0.316. The number of aliphatic hydroxyl groups is 1. The Kier molecular flexibility index (Phi) is 6.35. The Balaban J connectivity index is 1.59. The van der Waals surface area contributed by atoms with Crippen LogP contribution < -0.4 is 0 Å². The molecule has 3 aliphatic rings. The Bertz CT molecular complexity index is 1280. The van der Waals surface area contributed by atoms with Gasteiger partial charge in [-0.3, -0.25) is 4.98 Å². The maximum atomic E-state index is 13.6. The minimum Gasteiger partial charge on any atom is -0.382 e. The van der Waals surface area contributed by atoms with Crippen LogP contribution in [0.25, 0.3) is 10.9 Å². The number of nitrogens with zero attached hydrogens (tertiary/aromatic N) is 2. The molecule has 1 N–H and O–H groups in total. The summed E-state index contributed by atoms with van der Waals surface area (Å²) < 4.78 is 81.6. The van der Waals surface area contributed by atoms with Crippen LogP contribution in [0.4, 0.5) is 26.3 Å². The van der Waals surface area contributed by atoms with Crippen molar-refractivity contribution in [3.05, 3.63) is 89.6 Å². The fraction of sp³-hybridized carbons (Fsp3) is 0.393. The lowest BCUT2D eigenvalue weighted by molar-refractivity contribution is -0.984. The Morgan fingerprint density at radius 3 is 2.35 bits per heavy atom. The van der Waals surface area contributed by atoms with Gasteiger partial charge in [-0.25, -0.2) is 0 Å². The van der Waals surface area contributed by atoms with Crippen molar-refractivity contribution in [1.29, 1.82) is 0 Å². The molecule has 1 aromatic heterocycles. The van der Waals surface area contributed by atoms with Crippen LogP contribution in [-0.4, -0.2) is 33.7 Å². The van der Waals surface area contributed by atoms with Gasteiger partial charge < -0.3 is 9.59 Å². The normalized spacial score (nSPS) is 26.8. The Morgan fingerprint density at radius 2 is 1.70 bits per heavy atom. The highest BCUT2D eigenvalue weighted by atomic mass is 19.4. The Labute approximate surface area is 210 Å². The van der Waals surface area contributed by atoms with Crippen molar-refractivity contribution in [3.8, 4) is 0 Å². The average Bonchev–Trinajstić information content (AvgIpc) is 2.86. The van der Waals surface area contributed by atoms with Crippen molar-refractivity contribution in [1.82, 2.24) is 4.98 Å². The highest BCUT2D eigenvalue weighted by Crippen LogP contribution is 2.48. The van der Waals surface area contributed by atoms with Gasteiger partial charge in [-0.05, 0) is 41.8 Å². The summed E-state index contributed by atoms with van der Waals surface area (Å²) in [5.41, 5.74) is -1.31. The molecule has 3 aromatic rings. The van der Waals surface area contributed by atoms with Gasteiger partial charge in [0, 0.05) is 35.9 Å². The number of hydrogen-bond acceptors (Lipinski definition) is 2. The lowest BCUT2D eigenvalue weighted by Crippen LogP contribution is -2.67. The smallest absolute Gasteiger partial charge is 0.382 e. The maximum absolute atomic E-state index is 13.6. The number of quaternary nitrogens is 1. The van der Waals surface area contributed by atoms with Crippen LogP contribution in [0.1, 0.15) is 41.2 Å². The van der Waals surface area contributed by atoms with E-state index in [9.17, 15) is 31.4 Å². The van der Waals surface area contributed by atoms with Gasteiger partial charge in [0.05, 0.1) is 29.7 Å². The number of aromatic nitrogens is 1. The molecule has 3 nitrogen and oxygen atoms in total. The van der Waals surface area contributed by atoms with Crippen LogP contribution in [0.2, 0.25) is 0 Å². The standard InChI is InChI=1S/C28H27F6N2O/c1-2-18-16-36(15-17-11-20(27(29,30)31)14-21(12-17)28(32,33)34)10-8-19(18)13-25(36)26(37)23-7-9-35-24-6-4-3-5-22(23)24/h2-7,9,11-12,14,18-19,25-26,37H,1,8,10,13,15-16H2/q+1/t18?,19?,25-,26-,36?/m1/s1. The topological polar surface area (TPSA) is 33.1 Å². The van der Waals surface area contributed by atoms with Crippen molar-refractivity contribution in [2.75, 3.05) is 13.1 Å². The molecule has 3 unspecified atom stereocenters. The number of alkyl halides is 6. The van der Waals surface area contributed by atoms with Crippen LogP contribution in [0.15, 0.2) is 67.4 Å². The summed E-state index contributed by atoms with van der Waals surface area (Å²) >= 11 is 0. The van der Waals surface area contributed by atoms with E-state index in [1.165, 1.54) is 0 Å². The van der Waals surface area contributed by atoms with E-state index in [0.29, 0.717) is 30.6 Å². The number of pyridine rings is 1. The molecule has 2 aromatic carbocycles. The van der Waals surface area contributed by atoms with Crippen molar-refractivity contribution in [2.24, 2.45) is 11.8 Å². The van der Waals surface area contributed by atoms with E-state index in [0.717, 1.165) is 23.9 Å². The molecule has 5 atom stereocenters. The van der Waals surface area contributed by atoms with Gasteiger partial charge in [0.25, 0.3) is 0 Å². The zero-order valence-electron chi connectivity index (χ0n) is 19.9. The van der Waals surface area contributed by atoms with Crippen LogP contribution >= 0.6 is 0 Å². The van der Waals surface area contributed by atoms with Gasteiger partial charge in [0.2, 0.25) is 0 Å². The summed E-state index contributed by atoms with van der Waals surface area (Å²) in [6.07, 6.45) is -5.99. The van der Waals surface area contributed by atoms with E-state index in [1.807, 2.05) is 30.3 Å². The molecule has 3 fully saturated rings. The third kappa shape index (κ3) is 4.75. The van der Waals surface area contributed by atoms with Gasteiger partial charge in [0.15, 0.2) is 0 Å². The molecular formula is C28H27F6N2O+. The first-order valence-corrected chi connectivity index (χ1v) is 12.2. The van der Waals surface area contributed by atoms with Crippen LogP contribution in [0.3, 0.4) is 0 Å². The molecule has 3 aliphatic heterocycles. The molecule has 0 radical (unpaired) electrons. The number of benzene rings is 2. The second-order valence-corrected chi connectivity index (χ2v) is 10.3. The van der Waals surface area contributed by atoms with E-state index in [2.05, 4.69) is 11.6 Å². The van der Waals surface area contributed by atoms with Gasteiger partial charge in [-0.15, -0.1) is 6.58 Å². The molecule has 9 heteroatoms.